The molecule has 3 rings (SSSR count). The van der Waals surface area contributed by atoms with Gasteiger partial charge in [0, 0.05) is 26.1 Å². The molecule has 13 nitrogen and oxygen atoms in total. The first-order valence-electron chi connectivity index (χ1n) is 11.6. The number of carbonyl (C=O) groups is 5. The van der Waals surface area contributed by atoms with Crippen LogP contribution in [-0.2, 0) is 24.0 Å². The van der Waals surface area contributed by atoms with E-state index in [1.807, 2.05) is 4.90 Å². The number of benzene rings is 1. The van der Waals surface area contributed by atoms with Gasteiger partial charge in [0.2, 0.25) is 11.7 Å². The van der Waals surface area contributed by atoms with Crippen LogP contribution in [0.25, 0.3) is 0 Å². The fourth-order valence-corrected chi connectivity index (χ4v) is 4.09. The van der Waals surface area contributed by atoms with E-state index in [9.17, 15) is 37.5 Å². The Balaban J connectivity index is 0.000000673. The molecule has 0 spiro atoms. The summed E-state index contributed by atoms with van der Waals surface area (Å²) in [5.74, 6) is -7.25. The zero-order valence-electron chi connectivity index (χ0n) is 20.8. The van der Waals surface area contributed by atoms with Crippen molar-refractivity contribution in [1.82, 2.24) is 15.1 Å². The number of hydrogen-bond acceptors (Lipinski definition) is 9. The number of para-hydroxylation sites is 2. The molecule has 0 aliphatic carbocycles. The van der Waals surface area contributed by atoms with Gasteiger partial charge in [-0.2, -0.15) is 13.2 Å². The topological polar surface area (TPSA) is 183 Å². The zero-order chi connectivity index (χ0) is 29.4. The Morgan fingerprint density at radius 2 is 1.56 bits per heavy atom. The quantitative estimate of drug-likeness (QED) is 0.305. The molecule has 1 amide bonds. The van der Waals surface area contributed by atoms with Gasteiger partial charge in [-0.1, -0.05) is 12.1 Å². The summed E-state index contributed by atoms with van der Waals surface area (Å²) in [6, 6.07) is 6.02. The van der Waals surface area contributed by atoms with Crippen molar-refractivity contribution in [2.24, 2.45) is 0 Å². The highest BCUT2D eigenvalue weighted by Gasteiger charge is 2.56. The lowest BCUT2D eigenvalue weighted by Crippen LogP contribution is -2.70. The minimum absolute atomic E-state index is 0.00715. The Morgan fingerprint density at radius 3 is 2.03 bits per heavy atom. The number of rotatable bonds is 9. The summed E-state index contributed by atoms with van der Waals surface area (Å²) in [5, 5.41) is 29.3. The maximum atomic E-state index is 13.1. The van der Waals surface area contributed by atoms with E-state index < -0.39 is 48.1 Å². The number of carboxylic acid groups (broad SMARTS) is 3. The summed E-state index contributed by atoms with van der Waals surface area (Å²) in [6.45, 7) is 2.43. The van der Waals surface area contributed by atoms with E-state index in [-0.39, 0.29) is 30.6 Å². The number of hydrogen-bond donors (Lipinski definition) is 4. The molecule has 2 saturated heterocycles. The first-order chi connectivity index (χ1) is 18.2. The predicted molar refractivity (Wildman–Crippen MR) is 124 cm³/mol. The van der Waals surface area contributed by atoms with Gasteiger partial charge in [-0.15, -0.1) is 0 Å². The number of piperidine rings is 1. The summed E-state index contributed by atoms with van der Waals surface area (Å²) in [5.41, 5.74) is -2.60. The first-order valence-corrected chi connectivity index (χ1v) is 11.6. The second-order valence-electron chi connectivity index (χ2n) is 8.54. The van der Waals surface area contributed by atoms with Gasteiger partial charge in [-0.25, -0.2) is 14.4 Å². The monoisotopic (exact) mass is 563 g/mol. The average Bonchev–Trinajstić information content (AvgIpc) is 2.86. The smallest absolute Gasteiger partial charge is 0.479 e. The number of ether oxygens (including phenoxy) is 2. The lowest BCUT2D eigenvalue weighted by molar-refractivity contribution is -0.192. The molecule has 1 atom stereocenters. The number of carboxylic acids is 3. The van der Waals surface area contributed by atoms with E-state index >= 15 is 0 Å². The first kappa shape index (κ1) is 31.3. The Morgan fingerprint density at radius 1 is 1.00 bits per heavy atom. The number of ketones is 1. The van der Waals surface area contributed by atoms with Gasteiger partial charge in [-0.05, 0) is 38.1 Å². The van der Waals surface area contributed by atoms with Gasteiger partial charge in [0.25, 0.3) is 0 Å². The van der Waals surface area contributed by atoms with Crippen molar-refractivity contribution < 1.29 is 61.9 Å². The Bertz CT molecular complexity index is 1060. The molecule has 1 unspecified atom stereocenters. The molecule has 2 heterocycles. The molecule has 39 heavy (non-hydrogen) atoms. The number of carbonyl (C=O) groups excluding carboxylic acids is 2. The van der Waals surface area contributed by atoms with Gasteiger partial charge in [0.15, 0.2) is 18.1 Å². The molecule has 216 valence electrons. The van der Waals surface area contributed by atoms with E-state index in [2.05, 4.69) is 5.32 Å². The molecular weight excluding hydrogens is 535 g/mol. The summed E-state index contributed by atoms with van der Waals surface area (Å²) in [6.07, 6.45) is -3.32. The highest BCUT2D eigenvalue weighted by molar-refractivity contribution is 6.08. The van der Waals surface area contributed by atoms with Crippen molar-refractivity contribution >= 4 is 29.6 Å². The van der Waals surface area contributed by atoms with Crippen LogP contribution >= 0.6 is 0 Å². The number of piperazine rings is 1. The highest BCUT2D eigenvalue weighted by Crippen LogP contribution is 2.33. The minimum atomic E-state index is -5.08. The molecule has 2 fully saturated rings. The molecule has 0 aromatic heterocycles. The largest absolute Gasteiger partial charge is 0.490 e. The third-order valence-corrected chi connectivity index (χ3v) is 5.92. The number of aliphatic carboxylic acids is 3. The number of nitrogens with zero attached hydrogens (tertiary/aromatic N) is 2. The van der Waals surface area contributed by atoms with E-state index in [1.165, 1.54) is 18.2 Å². The van der Waals surface area contributed by atoms with E-state index in [4.69, 9.17) is 24.5 Å². The Kier molecular flexibility index (Phi) is 10.6. The third kappa shape index (κ3) is 8.03. The van der Waals surface area contributed by atoms with Crippen LogP contribution in [0.15, 0.2) is 24.3 Å². The van der Waals surface area contributed by atoms with E-state index in [1.54, 1.807) is 6.07 Å². The summed E-state index contributed by atoms with van der Waals surface area (Å²) >= 11 is 0. The molecule has 0 bridgehead atoms. The van der Waals surface area contributed by atoms with Crippen molar-refractivity contribution in [3.05, 3.63) is 24.3 Å². The van der Waals surface area contributed by atoms with Crippen LogP contribution in [0, 0.1) is 0 Å². The fourth-order valence-electron chi connectivity index (χ4n) is 4.09. The van der Waals surface area contributed by atoms with Crippen LogP contribution < -0.4 is 14.8 Å². The van der Waals surface area contributed by atoms with E-state index in [0.717, 1.165) is 37.8 Å². The average molecular weight is 563 g/mol. The van der Waals surface area contributed by atoms with Crippen molar-refractivity contribution in [2.75, 3.05) is 39.3 Å². The maximum Gasteiger partial charge on any atom is 0.490 e. The second kappa shape index (κ2) is 13.2. The van der Waals surface area contributed by atoms with Crippen molar-refractivity contribution in [1.29, 1.82) is 0 Å². The van der Waals surface area contributed by atoms with E-state index in [0.29, 0.717) is 6.54 Å². The molecule has 0 radical (unpaired) electrons. The van der Waals surface area contributed by atoms with Crippen LogP contribution in [0.3, 0.4) is 0 Å². The van der Waals surface area contributed by atoms with Crippen LogP contribution in [0.5, 0.6) is 11.5 Å². The predicted octanol–water partition coefficient (Wildman–Crippen LogP) is 0.428. The van der Waals surface area contributed by atoms with Crippen LogP contribution in [0.2, 0.25) is 0 Å². The Hall–Kier alpha value is -3.92. The fraction of sp³-hybridized carbons (Fsp3) is 0.522. The number of halogens is 3. The zero-order valence-corrected chi connectivity index (χ0v) is 20.8. The normalized spacial score (nSPS) is 18.3. The lowest BCUT2D eigenvalue weighted by atomic mass is 10.0. The SMILES string of the molecule is CC(=O)C(Oc1ccccc1OCC(=O)O)(C(=O)O)N1CCN(C2CCNCC2)CC1=O.O=C(O)C(F)(F)F. The standard InChI is InChI=1S/C21H27N3O8.C2HF3O2/c1-14(25)21(20(29)30,32-17-5-3-2-4-16(17)31-13-19(27)28)24-11-10-23(12-18(24)26)15-6-8-22-9-7-15;3-2(4,5)1(6)7/h2-5,15,22H,6-13H2,1H3,(H,27,28)(H,29,30);(H,6,7). The summed E-state index contributed by atoms with van der Waals surface area (Å²) in [4.78, 5) is 60.8. The molecule has 2 aliphatic heterocycles. The van der Waals surface area contributed by atoms with Crippen molar-refractivity contribution in [3.63, 3.8) is 0 Å². The number of alkyl halides is 3. The molecule has 16 heteroatoms. The lowest BCUT2D eigenvalue weighted by Gasteiger charge is -2.45. The van der Waals surface area contributed by atoms with Gasteiger partial charge < -0.3 is 30.1 Å². The number of amides is 1. The van der Waals surface area contributed by atoms with Gasteiger partial charge >= 0.3 is 29.8 Å². The van der Waals surface area contributed by atoms with Crippen molar-refractivity contribution in [2.45, 2.75) is 37.7 Å². The van der Waals surface area contributed by atoms with Crippen LogP contribution in [0.1, 0.15) is 19.8 Å². The third-order valence-electron chi connectivity index (χ3n) is 5.92. The second-order valence-corrected chi connectivity index (χ2v) is 8.54. The highest BCUT2D eigenvalue weighted by atomic mass is 19.4. The van der Waals surface area contributed by atoms with Gasteiger partial charge in [-0.3, -0.25) is 19.4 Å². The number of nitrogens with one attached hydrogen (secondary N) is 1. The van der Waals surface area contributed by atoms with Crippen LogP contribution in [-0.4, -0.2) is 112 Å². The molecule has 4 N–H and O–H groups in total. The minimum Gasteiger partial charge on any atom is -0.479 e. The number of Topliss-reactive ketones (excluding diaryl/α,β-unsaturated/α-hetero) is 1. The molecule has 2 aliphatic rings. The molecule has 1 aromatic rings. The molecular formula is C23H28F3N3O10. The molecule has 0 saturated carbocycles. The molecule has 1 aromatic carbocycles. The maximum absolute atomic E-state index is 13.1. The van der Waals surface area contributed by atoms with Crippen molar-refractivity contribution in [3.8, 4) is 11.5 Å². The summed E-state index contributed by atoms with van der Waals surface area (Å²) in [7, 11) is 0. The Labute approximate surface area is 220 Å². The van der Waals surface area contributed by atoms with Gasteiger partial charge in [0.1, 0.15) is 0 Å². The summed E-state index contributed by atoms with van der Waals surface area (Å²) < 4.78 is 42.6. The van der Waals surface area contributed by atoms with Crippen LogP contribution in [0.4, 0.5) is 13.2 Å². The van der Waals surface area contributed by atoms with Gasteiger partial charge in [0.05, 0.1) is 6.54 Å².